The van der Waals surface area contributed by atoms with E-state index in [1.807, 2.05) is 0 Å². The molecule has 1 unspecified atom stereocenters. The van der Waals surface area contributed by atoms with Gasteiger partial charge in [0.05, 0.1) is 5.41 Å². The summed E-state index contributed by atoms with van der Waals surface area (Å²) >= 11 is 0. The molecule has 1 atom stereocenters. The Hall–Kier alpha value is -3.64. The van der Waals surface area contributed by atoms with Gasteiger partial charge in [-0.1, -0.05) is 172 Å². The van der Waals surface area contributed by atoms with E-state index in [4.69, 9.17) is 0 Å². The fraction of sp³-hybridized carbons (Fsp3) is 0.364. The molecule has 0 aliphatic heterocycles. The topological polar surface area (TPSA) is 0 Å². The molecule has 2 aliphatic carbocycles. The van der Waals surface area contributed by atoms with Crippen molar-refractivity contribution in [2.75, 3.05) is 0 Å². The molecule has 0 bridgehead atoms. The second kappa shape index (κ2) is 10.5. The highest BCUT2D eigenvalue weighted by Crippen LogP contribution is 2.55. The standard InChI is InChI=1S/C44H50/c1-29-26-35(43(8,9)10)28-40(29)44(33-22-18-31(19-23-33)41(2,3)4,34-24-20-32(21-25-34)42(5,6)7)39-17-13-16-37-36-15-12-11-14-30(36)27-38(37)39/h11-26,28-29H,27H2,1-10H3. The van der Waals surface area contributed by atoms with Gasteiger partial charge in [-0.05, 0) is 89.8 Å². The maximum absolute atomic E-state index is 2.56. The average Bonchev–Trinajstić information content (AvgIpc) is 3.55. The van der Waals surface area contributed by atoms with Crippen molar-refractivity contribution in [2.24, 2.45) is 11.3 Å². The van der Waals surface area contributed by atoms with Crippen molar-refractivity contribution in [3.63, 3.8) is 0 Å². The summed E-state index contributed by atoms with van der Waals surface area (Å²) in [7, 11) is 0. The van der Waals surface area contributed by atoms with Crippen LogP contribution in [0.15, 0.2) is 114 Å². The van der Waals surface area contributed by atoms with Gasteiger partial charge in [-0.2, -0.15) is 0 Å². The lowest BCUT2D eigenvalue weighted by Crippen LogP contribution is -2.35. The molecule has 0 N–H and O–H groups in total. The molecule has 4 aromatic rings. The minimum absolute atomic E-state index is 0.0722. The molecule has 6 rings (SSSR count). The number of benzene rings is 4. The number of allylic oxidation sites excluding steroid dienone is 4. The van der Waals surface area contributed by atoms with E-state index in [-0.39, 0.29) is 16.2 Å². The van der Waals surface area contributed by atoms with Gasteiger partial charge in [-0.25, -0.2) is 0 Å². The van der Waals surface area contributed by atoms with Gasteiger partial charge in [0, 0.05) is 0 Å². The summed E-state index contributed by atoms with van der Waals surface area (Å²) in [6.45, 7) is 23.3. The van der Waals surface area contributed by atoms with E-state index in [2.05, 4.69) is 172 Å². The van der Waals surface area contributed by atoms with Gasteiger partial charge in [-0.15, -0.1) is 0 Å². The molecule has 0 saturated carbocycles. The fourth-order valence-electron chi connectivity index (χ4n) is 7.54. The van der Waals surface area contributed by atoms with Crippen LogP contribution in [0.1, 0.15) is 108 Å². The normalized spacial score (nSPS) is 16.8. The lowest BCUT2D eigenvalue weighted by Gasteiger charge is -2.41. The highest BCUT2D eigenvalue weighted by molar-refractivity contribution is 5.80. The Kier molecular flexibility index (Phi) is 7.23. The average molecular weight is 579 g/mol. The van der Waals surface area contributed by atoms with Crippen LogP contribution >= 0.6 is 0 Å². The minimum atomic E-state index is -0.441. The molecule has 0 amide bonds. The Balaban J connectivity index is 1.72. The van der Waals surface area contributed by atoms with E-state index in [1.165, 1.54) is 61.2 Å². The van der Waals surface area contributed by atoms with Crippen molar-refractivity contribution in [1.29, 1.82) is 0 Å². The van der Waals surface area contributed by atoms with Crippen molar-refractivity contribution in [1.82, 2.24) is 0 Å². The van der Waals surface area contributed by atoms with Crippen LogP contribution in [0, 0.1) is 11.3 Å². The van der Waals surface area contributed by atoms with Crippen LogP contribution in [-0.4, -0.2) is 0 Å². The summed E-state index contributed by atoms with van der Waals surface area (Å²) in [4.78, 5) is 0. The van der Waals surface area contributed by atoms with Crippen molar-refractivity contribution in [2.45, 2.75) is 91.9 Å². The Bertz CT molecular complexity index is 1690. The van der Waals surface area contributed by atoms with E-state index in [9.17, 15) is 0 Å². The second-order valence-corrected chi connectivity index (χ2v) is 16.3. The quantitative estimate of drug-likeness (QED) is 0.186. The monoisotopic (exact) mass is 578 g/mol. The van der Waals surface area contributed by atoms with Crippen molar-refractivity contribution < 1.29 is 0 Å². The highest BCUT2D eigenvalue weighted by atomic mass is 14.5. The molecule has 0 heterocycles. The molecule has 4 aromatic carbocycles. The lowest BCUT2D eigenvalue weighted by atomic mass is 9.60. The van der Waals surface area contributed by atoms with E-state index >= 15 is 0 Å². The van der Waals surface area contributed by atoms with Crippen LogP contribution in [0.25, 0.3) is 11.1 Å². The zero-order valence-electron chi connectivity index (χ0n) is 28.6. The largest absolute Gasteiger partial charge is 0.0738 e. The third kappa shape index (κ3) is 5.01. The Morgan fingerprint density at radius 1 is 0.523 bits per heavy atom. The van der Waals surface area contributed by atoms with Gasteiger partial charge in [0.25, 0.3) is 0 Å². The number of hydrogen-bond donors (Lipinski definition) is 0. The second-order valence-electron chi connectivity index (χ2n) is 16.3. The smallest absolute Gasteiger partial charge is 0.0673 e. The predicted octanol–water partition coefficient (Wildman–Crippen LogP) is 11.7. The van der Waals surface area contributed by atoms with E-state index in [1.54, 1.807) is 0 Å². The molecule has 0 spiro atoms. The zero-order chi connectivity index (χ0) is 31.7. The molecule has 0 aromatic heterocycles. The molecule has 0 saturated heterocycles. The number of hydrogen-bond acceptors (Lipinski definition) is 0. The first-order chi connectivity index (χ1) is 20.6. The summed E-state index contributed by atoms with van der Waals surface area (Å²) < 4.78 is 0. The first kappa shape index (κ1) is 30.4. The molecule has 0 heteroatoms. The molecule has 226 valence electrons. The van der Waals surface area contributed by atoms with Crippen molar-refractivity contribution >= 4 is 0 Å². The minimum Gasteiger partial charge on any atom is -0.0738 e. The fourth-order valence-corrected chi connectivity index (χ4v) is 7.54. The summed E-state index contributed by atoms with van der Waals surface area (Å²) in [5.74, 6) is 0.299. The molecular weight excluding hydrogens is 528 g/mol. The third-order valence-corrected chi connectivity index (χ3v) is 10.2. The Morgan fingerprint density at radius 3 is 1.52 bits per heavy atom. The molecule has 0 nitrogen and oxygen atoms in total. The van der Waals surface area contributed by atoms with Crippen LogP contribution < -0.4 is 0 Å². The number of fused-ring (bicyclic) bond motifs is 3. The lowest BCUT2D eigenvalue weighted by molar-refractivity contribution is 0.516. The van der Waals surface area contributed by atoms with Gasteiger partial charge in [0.2, 0.25) is 0 Å². The Labute approximate surface area is 267 Å². The van der Waals surface area contributed by atoms with Crippen LogP contribution in [0.2, 0.25) is 0 Å². The first-order valence-electron chi connectivity index (χ1n) is 16.5. The molecule has 0 fully saturated rings. The first-order valence-corrected chi connectivity index (χ1v) is 16.5. The van der Waals surface area contributed by atoms with Gasteiger partial charge >= 0.3 is 0 Å². The molecule has 2 aliphatic rings. The van der Waals surface area contributed by atoms with Crippen LogP contribution in [0.4, 0.5) is 0 Å². The Morgan fingerprint density at radius 2 is 1.02 bits per heavy atom. The van der Waals surface area contributed by atoms with Crippen LogP contribution in [-0.2, 0) is 22.7 Å². The van der Waals surface area contributed by atoms with Gasteiger partial charge in [0.15, 0.2) is 0 Å². The third-order valence-electron chi connectivity index (χ3n) is 10.2. The van der Waals surface area contributed by atoms with Crippen molar-refractivity contribution in [3.05, 3.63) is 153 Å². The van der Waals surface area contributed by atoms with E-state index < -0.39 is 5.41 Å². The van der Waals surface area contributed by atoms with Crippen LogP contribution in [0.3, 0.4) is 0 Å². The summed E-state index contributed by atoms with van der Waals surface area (Å²) in [6.07, 6.45) is 6.04. The summed E-state index contributed by atoms with van der Waals surface area (Å²) in [6, 6.07) is 35.3. The summed E-state index contributed by atoms with van der Waals surface area (Å²) in [5.41, 5.74) is 15.2. The number of rotatable bonds is 4. The molecular formula is C44H50. The van der Waals surface area contributed by atoms with Crippen molar-refractivity contribution in [3.8, 4) is 11.1 Å². The molecule has 44 heavy (non-hydrogen) atoms. The molecule has 0 radical (unpaired) electrons. The summed E-state index contributed by atoms with van der Waals surface area (Å²) in [5, 5.41) is 0. The SMILES string of the molecule is CC1C=C(C(C)(C)C)C=C1C(c1ccc(C(C)(C)C)cc1)(c1ccc(C(C)(C)C)cc1)c1cccc2c1Cc1ccccc1-2. The van der Waals surface area contributed by atoms with Gasteiger partial charge < -0.3 is 0 Å². The van der Waals surface area contributed by atoms with Crippen LogP contribution in [0.5, 0.6) is 0 Å². The van der Waals surface area contributed by atoms with E-state index in [0.29, 0.717) is 5.92 Å². The zero-order valence-corrected chi connectivity index (χ0v) is 28.6. The highest BCUT2D eigenvalue weighted by Gasteiger charge is 2.46. The predicted molar refractivity (Wildman–Crippen MR) is 190 cm³/mol. The maximum atomic E-state index is 2.56. The van der Waals surface area contributed by atoms with Gasteiger partial charge in [-0.3, -0.25) is 0 Å². The van der Waals surface area contributed by atoms with E-state index in [0.717, 1.165) is 6.42 Å². The maximum Gasteiger partial charge on any atom is 0.0673 e. The van der Waals surface area contributed by atoms with Gasteiger partial charge in [0.1, 0.15) is 0 Å².